The van der Waals surface area contributed by atoms with Gasteiger partial charge in [0.1, 0.15) is 0 Å². The minimum atomic E-state index is -3.79. The van der Waals surface area contributed by atoms with Gasteiger partial charge in [0.25, 0.3) is 10.0 Å². The molecule has 2 heterocycles. The van der Waals surface area contributed by atoms with Crippen LogP contribution in [0, 0.1) is 0 Å². The summed E-state index contributed by atoms with van der Waals surface area (Å²) in [5.41, 5.74) is 0. The van der Waals surface area contributed by atoms with E-state index < -0.39 is 28.2 Å². The van der Waals surface area contributed by atoms with Crippen LogP contribution in [0.2, 0.25) is 0 Å². The van der Waals surface area contributed by atoms with Gasteiger partial charge in [-0.2, -0.15) is 0 Å². The van der Waals surface area contributed by atoms with Crippen molar-refractivity contribution >= 4 is 31.9 Å². The predicted octanol–water partition coefficient (Wildman–Crippen LogP) is -0.512. The van der Waals surface area contributed by atoms with Crippen molar-refractivity contribution in [3.05, 3.63) is 4.60 Å². The smallest absolute Gasteiger partial charge is 0.332 e. The largest absolute Gasteiger partial charge is 0.479 e. The summed E-state index contributed by atoms with van der Waals surface area (Å²) in [6.45, 7) is 0.00370. The number of ether oxygens (including phenoxy) is 1. The van der Waals surface area contributed by atoms with Crippen LogP contribution in [0.3, 0.4) is 0 Å². The van der Waals surface area contributed by atoms with E-state index in [1.165, 1.54) is 7.05 Å². The number of nitrogens with one attached hydrogen (secondary N) is 1. The van der Waals surface area contributed by atoms with Gasteiger partial charge >= 0.3 is 5.97 Å². The molecule has 2 unspecified atom stereocenters. The Morgan fingerprint density at radius 1 is 1.60 bits per heavy atom. The van der Waals surface area contributed by atoms with Gasteiger partial charge in [-0.25, -0.2) is 22.6 Å². The van der Waals surface area contributed by atoms with Crippen LogP contribution in [0.15, 0.2) is 9.63 Å². The van der Waals surface area contributed by atoms with E-state index in [4.69, 9.17) is 9.84 Å². The lowest BCUT2D eigenvalue weighted by atomic mass is 10.2. The van der Waals surface area contributed by atoms with E-state index in [1.54, 1.807) is 0 Å². The lowest BCUT2D eigenvalue weighted by molar-refractivity contribution is -0.149. The van der Waals surface area contributed by atoms with Crippen LogP contribution in [0.25, 0.3) is 0 Å². The number of carboxylic acid groups (broad SMARTS) is 1. The number of aromatic nitrogens is 3. The van der Waals surface area contributed by atoms with Gasteiger partial charge in [-0.3, -0.25) is 0 Å². The van der Waals surface area contributed by atoms with Crippen LogP contribution in [-0.4, -0.2) is 53.2 Å². The molecule has 2 N–H and O–H groups in total. The molecule has 1 fully saturated rings. The van der Waals surface area contributed by atoms with Crippen molar-refractivity contribution in [2.24, 2.45) is 7.05 Å². The molecule has 0 bridgehead atoms. The summed E-state index contributed by atoms with van der Waals surface area (Å²) in [6.07, 6.45) is -0.455. The number of aliphatic carboxylic acids is 1. The van der Waals surface area contributed by atoms with Gasteiger partial charge in [0.2, 0.25) is 5.03 Å². The van der Waals surface area contributed by atoms with Crippen molar-refractivity contribution in [2.75, 3.05) is 6.54 Å². The van der Waals surface area contributed by atoms with E-state index in [-0.39, 0.29) is 16.2 Å². The quantitative estimate of drug-likeness (QED) is 0.716. The van der Waals surface area contributed by atoms with Gasteiger partial charge in [-0.15, -0.1) is 5.10 Å². The molecule has 1 saturated heterocycles. The molecule has 112 valence electrons. The fourth-order valence-electron chi connectivity index (χ4n) is 1.92. The molecule has 20 heavy (non-hydrogen) atoms. The second kappa shape index (κ2) is 5.76. The third kappa shape index (κ3) is 3.16. The van der Waals surface area contributed by atoms with Gasteiger partial charge in [0, 0.05) is 13.6 Å². The molecule has 2 rings (SSSR count). The Balaban J connectivity index is 1.99. The van der Waals surface area contributed by atoms with Crippen LogP contribution in [0.1, 0.15) is 12.8 Å². The van der Waals surface area contributed by atoms with E-state index >= 15 is 0 Å². The molecule has 9 nitrogen and oxygen atoms in total. The summed E-state index contributed by atoms with van der Waals surface area (Å²) in [5, 5.41) is 15.9. The summed E-state index contributed by atoms with van der Waals surface area (Å²) in [4.78, 5) is 10.7. The molecule has 0 saturated carbocycles. The van der Waals surface area contributed by atoms with E-state index in [2.05, 4.69) is 31.0 Å². The number of sulfonamides is 1. The molecule has 0 radical (unpaired) electrons. The molecular weight excluding hydrogens is 356 g/mol. The Kier molecular flexibility index (Phi) is 4.42. The molecule has 1 aromatic rings. The Bertz CT molecular complexity index is 596. The third-order valence-corrected chi connectivity index (χ3v) is 5.19. The predicted molar refractivity (Wildman–Crippen MR) is 69.4 cm³/mol. The van der Waals surface area contributed by atoms with Gasteiger partial charge in [0.05, 0.1) is 6.10 Å². The number of aryl methyl sites for hydroxylation is 1. The van der Waals surface area contributed by atoms with Crippen molar-refractivity contribution < 1.29 is 23.1 Å². The summed E-state index contributed by atoms with van der Waals surface area (Å²) in [6, 6.07) is 0. The summed E-state index contributed by atoms with van der Waals surface area (Å²) < 4.78 is 33.0. The highest BCUT2D eigenvalue weighted by Crippen LogP contribution is 2.21. The summed E-state index contributed by atoms with van der Waals surface area (Å²) in [7, 11) is -2.33. The van der Waals surface area contributed by atoms with Crippen LogP contribution >= 0.6 is 15.9 Å². The summed E-state index contributed by atoms with van der Waals surface area (Å²) in [5.74, 6) is -1.03. The lowest BCUT2D eigenvalue weighted by Gasteiger charge is -2.12. The molecule has 1 aliphatic heterocycles. The van der Waals surface area contributed by atoms with Gasteiger partial charge in [-0.1, -0.05) is 5.21 Å². The second-order valence-electron chi connectivity index (χ2n) is 4.32. The van der Waals surface area contributed by atoms with Crippen LogP contribution in [-0.2, 0) is 26.6 Å². The average Bonchev–Trinajstić information content (AvgIpc) is 2.94. The molecular formula is C9H13BrN4O5S. The first kappa shape index (κ1) is 15.4. The fourth-order valence-corrected chi connectivity index (χ4v) is 4.07. The highest BCUT2D eigenvalue weighted by atomic mass is 79.9. The number of carboxylic acids is 1. The topological polar surface area (TPSA) is 123 Å². The normalized spacial score (nSPS) is 23.1. The molecule has 0 spiro atoms. The standard InChI is InChI=1S/C9H13BrN4O5S/c1-14-8(7(10)12-13-14)20(17,18)11-4-5-2-3-6(19-5)9(15)16/h5-6,11H,2-4H2,1H3,(H,15,16). The van der Waals surface area contributed by atoms with Crippen molar-refractivity contribution in [3.63, 3.8) is 0 Å². The number of halogens is 1. The monoisotopic (exact) mass is 368 g/mol. The number of hydrogen-bond donors (Lipinski definition) is 2. The Morgan fingerprint density at radius 2 is 2.30 bits per heavy atom. The van der Waals surface area contributed by atoms with Crippen molar-refractivity contribution in [2.45, 2.75) is 30.1 Å². The maximum absolute atomic E-state index is 12.1. The number of hydrogen-bond acceptors (Lipinski definition) is 6. The molecule has 1 aliphatic rings. The highest BCUT2D eigenvalue weighted by molar-refractivity contribution is 9.10. The van der Waals surface area contributed by atoms with Gasteiger partial charge < -0.3 is 9.84 Å². The molecule has 0 amide bonds. The first-order valence-corrected chi connectivity index (χ1v) is 8.02. The van der Waals surface area contributed by atoms with E-state index in [1.807, 2.05) is 0 Å². The second-order valence-corrected chi connectivity index (χ2v) is 6.76. The van der Waals surface area contributed by atoms with Gasteiger partial charge in [0.15, 0.2) is 10.7 Å². The van der Waals surface area contributed by atoms with Crippen LogP contribution in [0.5, 0.6) is 0 Å². The molecule has 0 aromatic carbocycles. The first-order chi connectivity index (χ1) is 9.31. The number of rotatable bonds is 5. The van der Waals surface area contributed by atoms with Gasteiger partial charge in [-0.05, 0) is 28.8 Å². The molecule has 1 aromatic heterocycles. The average molecular weight is 369 g/mol. The SMILES string of the molecule is Cn1nnc(Br)c1S(=O)(=O)NCC1CCC(C(=O)O)O1. The zero-order chi connectivity index (χ0) is 14.9. The summed E-state index contributed by atoms with van der Waals surface area (Å²) >= 11 is 3.01. The molecule has 2 atom stereocenters. The van der Waals surface area contributed by atoms with E-state index in [9.17, 15) is 13.2 Å². The minimum absolute atomic E-state index is 0.00370. The van der Waals surface area contributed by atoms with Crippen molar-refractivity contribution in [1.29, 1.82) is 0 Å². The Morgan fingerprint density at radius 3 is 2.80 bits per heavy atom. The Hall–Kier alpha value is -1.04. The number of nitrogens with zero attached hydrogens (tertiary/aromatic N) is 3. The Labute approximate surface area is 123 Å². The first-order valence-electron chi connectivity index (χ1n) is 5.74. The lowest BCUT2D eigenvalue weighted by Crippen LogP contribution is -2.34. The zero-order valence-electron chi connectivity index (χ0n) is 10.5. The molecule has 0 aliphatic carbocycles. The van der Waals surface area contributed by atoms with Crippen molar-refractivity contribution in [3.8, 4) is 0 Å². The maximum Gasteiger partial charge on any atom is 0.332 e. The maximum atomic E-state index is 12.1. The minimum Gasteiger partial charge on any atom is -0.479 e. The third-order valence-electron chi connectivity index (χ3n) is 2.88. The fraction of sp³-hybridized carbons (Fsp3) is 0.667. The van der Waals surface area contributed by atoms with Crippen molar-refractivity contribution in [1.82, 2.24) is 19.7 Å². The zero-order valence-corrected chi connectivity index (χ0v) is 12.9. The highest BCUT2D eigenvalue weighted by Gasteiger charge is 2.32. The van der Waals surface area contributed by atoms with Crippen LogP contribution < -0.4 is 4.72 Å². The number of carbonyl (C=O) groups is 1. The molecule has 11 heteroatoms. The van der Waals surface area contributed by atoms with E-state index in [0.29, 0.717) is 12.8 Å². The van der Waals surface area contributed by atoms with Crippen LogP contribution in [0.4, 0.5) is 0 Å². The van der Waals surface area contributed by atoms with E-state index in [0.717, 1.165) is 4.68 Å².